The van der Waals surface area contributed by atoms with E-state index in [1.807, 2.05) is 0 Å². The zero-order chi connectivity index (χ0) is 12.3. The van der Waals surface area contributed by atoms with Gasteiger partial charge in [0.25, 0.3) is 0 Å². The molecule has 0 aliphatic carbocycles. The summed E-state index contributed by atoms with van der Waals surface area (Å²) in [4.78, 5) is 0. The highest BCUT2D eigenvalue weighted by Crippen LogP contribution is 2.16. The molecule has 2 unspecified atom stereocenters. The molecule has 2 nitrogen and oxygen atoms in total. The van der Waals surface area contributed by atoms with Gasteiger partial charge in [-0.3, -0.25) is 0 Å². The summed E-state index contributed by atoms with van der Waals surface area (Å²) < 4.78 is 5.91. The van der Waals surface area contributed by atoms with Gasteiger partial charge in [0.2, 0.25) is 0 Å². The fraction of sp³-hybridized carbons (Fsp3) is 0.600. The van der Waals surface area contributed by atoms with E-state index in [4.69, 9.17) is 4.74 Å². The summed E-state index contributed by atoms with van der Waals surface area (Å²) in [5.74, 6) is 0.608. The lowest BCUT2D eigenvalue weighted by Gasteiger charge is -2.28. The Morgan fingerprint density at radius 3 is 2.53 bits per heavy atom. The highest BCUT2D eigenvalue weighted by atomic mass is 16.5. The molecular weight excluding hydrogens is 210 g/mol. The lowest BCUT2D eigenvalue weighted by molar-refractivity contribution is -0.0262. The minimum Gasteiger partial charge on any atom is -0.372 e. The summed E-state index contributed by atoms with van der Waals surface area (Å²) in [5.41, 5.74) is 2.78. The van der Waals surface area contributed by atoms with Gasteiger partial charge in [0.15, 0.2) is 0 Å². The maximum atomic E-state index is 5.91. The molecule has 1 saturated heterocycles. The smallest absolute Gasteiger partial charge is 0.0743 e. The molecule has 0 aromatic heterocycles. The van der Waals surface area contributed by atoms with Gasteiger partial charge < -0.3 is 10.1 Å². The molecule has 0 amide bonds. The second-order valence-electron chi connectivity index (χ2n) is 5.33. The van der Waals surface area contributed by atoms with Gasteiger partial charge in [0.05, 0.1) is 12.2 Å². The first-order chi connectivity index (χ1) is 8.15. The average Bonchev–Trinajstić information content (AvgIpc) is 2.29. The molecule has 1 fully saturated rings. The van der Waals surface area contributed by atoms with Gasteiger partial charge in [-0.15, -0.1) is 0 Å². The highest BCUT2D eigenvalue weighted by molar-refractivity contribution is 5.25. The van der Waals surface area contributed by atoms with Crippen LogP contribution in [-0.4, -0.2) is 25.3 Å². The number of hydrogen-bond acceptors (Lipinski definition) is 2. The Morgan fingerprint density at radius 1 is 1.24 bits per heavy atom. The van der Waals surface area contributed by atoms with Crippen molar-refractivity contribution in [3.8, 4) is 0 Å². The second-order valence-corrected chi connectivity index (χ2v) is 5.33. The number of hydrogen-bond donors (Lipinski definition) is 1. The Labute approximate surface area is 104 Å². The lowest BCUT2D eigenvalue weighted by atomic mass is 9.99. The zero-order valence-corrected chi connectivity index (χ0v) is 11.1. The van der Waals surface area contributed by atoms with E-state index in [1.54, 1.807) is 0 Å². The Morgan fingerprint density at radius 2 is 1.94 bits per heavy atom. The molecule has 1 aromatic carbocycles. The summed E-state index contributed by atoms with van der Waals surface area (Å²) >= 11 is 0. The SMILES string of the molecule is CC1CNCC(Cc2ccc(C(C)C)cc2)O1. The van der Waals surface area contributed by atoms with Crippen molar-refractivity contribution >= 4 is 0 Å². The average molecular weight is 233 g/mol. The van der Waals surface area contributed by atoms with Crippen LogP contribution in [0, 0.1) is 0 Å². The third-order valence-corrected chi connectivity index (χ3v) is 3.34. The third-order valence-electron chi connectivity index (χ3n) is 3.34. The maximum Gasteiger partial charge on any atom is 0.0743 e. The van der Waals surface area contributed by atoms with E-state index in [1.165, 1.54) is 11.1 Å². The molecule has 1 N–H and O–H groups in total. The fourth-order valence-electron chi connectivity index (χ4n) is 2.29. The Bertz CT molecular complexity index is 344. The van der Waals surface area contributed by atoms with E-state index in [2.05, 4.69) is 50.4 Å². The molecule has 17 heavy (non-hydrogen) atoms. The summed E-state index contributed by atoms with van der Waals surface area (Å²) in [6.07, 6.45) is 1.67. The number of nitrogens with one attached hydrogen (secondary N) is 1. The predicted octanol–water partition coefficient (Wildman–Crippen LogP) is 2.73. The standard InChI is InChI=1S/C15H23NO/c1-11(2)14-6-4-13(5-7-14)8-15-10-16-9-12(3)17-15/h4-7,11-12,15-16H,8-10H2,1-3H3. The van der Waals surface area contributed by atoms with Gasteiger partial charge in [-0.1, -0.05) is 38.1 Å². The second kappa shape index (κ2) is 5.65. The van der Waals surface area contributed by atoms with E-state index >= 15 is 0 Å². The summed E-state index contributed by atoms with van der Waals surface area (Å²) in [6.45, 7) is 8.52. The maximum absolute atomic E-state index is 5.91. The van der Waals surface area contributed by atoms with Gasteiger partial charge >= 0.3 is 0 Å². The molecule has 2 rings (SSSR count). The Kier molecular flexibility index (Phi) is 4.19. The molecule has 2 heteroatoms. The van der Waals surface area contributed by atoms with Crippen molar-refractivity contribution in [1.82, 2.24) is 5.32 Å². The molecule has 1 aromatic rings. The van der Waals surface area contributed by atoms with E-state index in [0.717, 1.165) is 19.5 Å². The normalized spacial score (nSPS) is 25.2. The number of rotatable bonds is 3. The van der Waals surface area contributed by atoms with Crippen molar-refractivity contribution in [2.24, 2.45) is 0 Å². The van der Waals surface area contributed by atoms with Crippen molar-refractivity contribution in [2.45, 2.75) is 45.3 Å². The monoisotopic (exact) mass is 233 g/mol. The van der Waals surface area contributed by atoms with E-state index in [9.17, 15) is 0 Å². The van der Waals surface area contributed by atoms with Crippen molar-refractivity contribution in [3.05, 3.63) is 35.4 Å². The lowest BCUT2D eigenvalue weighted by Crippen LogP contribution is -2.44. The van der Waals surface area contributed by atoms with Crippen LogP contribution in [0.5, 0.6) is 0 Å². The minimum atomic E-state index is 0.323. The number of ether oxygens (including phenoxy) is 1. The summed E-state index contributed by atoms with van der Waals surface area (Å²) in [6, 6.07) is 8.94. The van der Waals surface area contributed by atoms with E-state index in [-0.39, 0.29) is 0 Å². The van der Waals surface area contributed by atoms with Gasteiger partial charge in [-0.05, 0) is 30.4 Å². The molecule has 0 bridgehead atoms. The molecule has 0 saturated carbocycles. The van der Waals surface area contributed by atoms with Gasteiger partial charge in [0.1, 0.15) is 0 Å². The highest BCUT2D eigenvalue weighted by Gasteiger charge is 2.18. The molecule has 1 aliphatic rings. The molecular formula is C15H23NO. The van der Waals surface area contributed by atoms with Crippen LogP contribution in [0.15, 0.2) is 24.3 Å². The molecule has 0 spiro atoms. The topological polar surface area (TPSA) is 21.3 Å². The first kappa shape index (κ1) is 12.6. The van der Waals surface area contributed by atoms with E-state index in [0.29, 0.717) is 18.1 Å². The van der Waals surface area contributed by atoms with Crippen LogP contribution < -0.4 is 5.32 Å². The quantitative estimate of drug-likeness (QED) is 0.866. The van der Waals surface area contributed by atoms with Crippen molar-refractivity contribution < 1.29 is 4.74 Å². The van der Waals surface area contributed by atoms with Crippen molar-refractivity contribution in [3.63, 3.8) is 0 Å². The van der Waals surface area contributed by atoms with Gasteiger partial charge in [-0.25, -0.2) is 0 Å². The van der Waals surface area contributed by atoms with Crippen LogP contribution in [0.2, 0.25) is 0 Å². The molecule has 2 atom stereocenters. The first-order valence-electron chi connectivity index (χ1n) is 6.60. The number of morpholine rings is 1. The molecule has 0 radical (unpaired) electrons. The zero-order valence-electron chi connectivity index (χ0n) is 11.1. The molecule has 94 valence electrons. The third kappa shape index (κ3) is 3.55. The largest absolute Gasteiger partial charge is 0.372 e. The van der Waals surface area contributed by atoms with Gasteiger partial charge in [0, 0.05) is 13.1 Å². The Balaban J connectivity index is 1.94. The molecule has 1 heterocycles. The Hall–Kier alpha value is -0.860. The van der Waals surface area contributed by atoms with Crippen LogP contribution in [0.3, 0.4) is 0 Å². The van der Waals surface area contributed by atoms with Crippen molar-refractivity contribution in [2.75, 3.05) is 13.1 Å². The summed E-state index contributed by atoms with van der Waals surface area (Å²) in [5, 5.41) is 3.41. The molecule has 1 aliphatic heterocycles. The minimum absolute atomic E-state index is 0.323. The van der Waals surface area contributed by atoms with Crippen LogP contribution >= 0.6 is 0 Å². The van der Waals surface area contributed by atoms with Gasteiger partial charge in [-0.2, -0.15) is 0 Å². The first-order valence-corrected chi connectivity index (χ1v) is 6.60. The van der Waals surface area contributed by atoms with Crippen LogP contribution in [0.25, 0.3) is 0 Å². The number of benzene rings is 1. The summed E-state index contributed by atoms with van der Waals surface area (Å²) in [7, 11) is 0. The van der Waals surface area contributed by atoms with Crippen LogP contribution in [0.1, 0.15) is 37.8 Å². The van der Waals surface area contributed by atoms with Crippen LogP contribution in [-0.2, 0) is 11.2 Å². The van der Waals surface area contributed by atoms with Crippen LogP contribution in [0.4, 0.5) is 0 Å². The fourth-order valence-corrected chi connectivity index (χ4v) is 2.29. The van der Waals surface area contributed by atoms with E-state index < -0.39 is 0 Å². The predicted molar refractivity (Wildman–Crippen MR) is 71.4 cm³/mol. The van der Waals surface area contributed by atoms with Crippen molar-refractivity contribution in [1.29, 1.82) is 0 Å².